The molecule has 0 aliphatic carbocycles. The van der Waals surface area contributed by atoms with Crippen LogP contribution in [0.3, 0.4) is 0 Å². The van der Waals surface area contributed by atoms with Crippen LogP contribution in [0.25, 0.3) is 16.8 Å². The van der Waals surface area contributed by atoms with Gasteiger partial charge in [0.1, 0.15) is 17.1 Å². The summed E-state index contributed by atoms with van der Waals surface area (Å²) in [5, 5.41) is 14.2. The van der Waals surface area contributed by atoms with Gasteiger partial charge in [0, 0.05) is 30.6 Å². The first-order valence-corrected chi connectivity index (χ1v) is 11.9. The Labute approximate surface area is 237 Å². The summed E-state index contributed by atoms with van der Waals surface area (Å²) in [4.78, 5) is 39.4. The fourth-order valence-corrected chi connectivity index (χ4v) is 3.73. The highest BCUT2D eigenvalue weighted by molar-refractivity contribution is 5.73. The summed E-state index contributed by atoms with van der Waals surface area (Å²) in [6, 6.07) is 15.1. The Morgan fingerprint density at radius 1 is 0.930 bits per heavy atom. The van der Waals surface area contributed by atoms with Crippen LogP contribution in [0, 0.1) is 0 Å². The normalized spacial score (nSPS) is 14.2. The third kappa shape index (κ3) is 8.67. The number of fused-ring (bicyclic) bond motifs is 2. The van der Waals surface area contributed by atoms with Gasteiger partial charge in [-0.3, -0.25) is 14.2 Å². The van der Waals surface area contributed by atoms with E-state index < -0.39 is 24.3 Å². The van der Waals surface area contributed by atoms with Crippen LogP contribution in [0.2, 0.25) is 0 Å². The van der Waals surface area contributed by atoms with Crippen molar-refractivity contribution in [3.63, 3.8) is 0 Å². The fraction of sp³-hybridized carbons (Fsp3) is 0.222. The van der Waals surface area contributed by atoms with E-state index in [1.165, 1.54) is 0 Å². The van der Waals surface area contributed by atoms with Crippen LogP contribution in [0.1, 0.15) is 17.2 Å². The van der Waals surface area contributed by atoms with Gasteiger partial charge in [-0.2, -0.15) is 26.3 Å². The van der Waals surface area contributed by atoms with E-state index in [1.54, 1.807) is 30.0 Å². The van der Waals surface area contributed by atoms with Crippen LogP contribution in [-0.4, -0.2) is 62.6 Å². The fourth-order valence-electron chi connectivity index (χ4n) is 3.73. The molecule has 1 atom stereocenters. The van der Waals surface area contributed by atoms with Crippen LogP contribution in [0.5, 0.6) is 11.5 Å². The number of aromatic nitrogens is 3. The molecule has 0 saturated carbocycles. The minimum Gasteiger partial charge on any atom is -0.497 e. The molecule has 4 aromatic rings. The summed E-state index contributed by atoms with van der Waals surface area (Å²) < 4.78 is 76.3. The third-order valence-corrected chi connectivity index (χ3v) is 5.77. The van der Waals surface area contributed by atoms with Gasteiger partial charge >= 0.3 is 24.3 Å². The molecule has 0 bridgehead atoms. The molecule has 0 saturated heterocycles. The first-order chi connectivity index (χ1) is 20.1. The molecule has 0 radical (unpaired) electrons. The molecule has 3 aromatic heterocycles. The second kappa shape index (κ2) is 13.2. The van der Waals surface area contributed by atoms with E-state index in [0.717, 1.165) is 40.3 Å². The van der Waals surface area contributed by atoms with Crippen molar-refractivity contribution in [1.29, 1.82) is 0 Å². The van der Waals surface area contributed by atoms with E-state index in [0.29, 0.717) is 12.3 Å². The molecular weight excluding hydrogens is 592 g/mol. The van der Waals surface area contributed by atoms with Crippen LogP contribution in [-0.2, 0) is 16.0 Å². The lowest BCUT2D eigenvalue weighted by atomic mass is 9.93. The van der Waals surface area contributed by atoms with Gasteiger partial charge < -0.3 is 19.7 Å². The molecule has 1 aliphatic rings. The monoisotopic (exact) mass is 613 g/mol. The van der Waals surface area contributed by atoms with Crippen LogP contribution in [0.4, 0.5) is 26.3 Å². The summed E-state index contributed by atoms with van der Waals surface area (Å²) in [6.45, 7) is 0.497. The van der Waals surface area contributed by atoms with Crippen molar-refractivity contribution in [3.05, 3.63) is 88.7 Å². The zero-order valence-electron chi connectivity index (χ0n) is 21.9. The van der Waals surface area contributed by atoms with Crippen molar-refractivity contribution in [3.8, 4) is 22.6 Å². The van der Waals surface area contributed by atoms with Gasteiger partial charge in [-0.1, -0.05) is 0 Å². The lowest BCUT2D eigenvalue weighted by Crippen LogP contribution is -2.23. The number of ether oxygens (including phenoxy) is 2. The van der Waals surface area contributed by atoms with Gasteiger partial charge in [0.2, 0.25) is 0 Å². The average Bonchev–Trinajstić information content (AvgIpc) is 2.96. The molecule has 43 heavy (non-hydrogen) atoms. The number of benzene rings is 1. The maximum absolute atomic E-state index is 12.8. The van der Waals surface area contributed by atoms with Crippen molar-refractivity contribution in [2.24, 2.45) is 0 Å². The summed E-state index contributed by atoms with van der Waals surface area (Å²) in [5.41, 5.74) is 4.29. The number of alkyl halides is 6. The van der Waals surface area contributed by atoms with Crippen LogP contribution < -0.4 is 15.0 Å². The standard InChI is InChI=1S/C23H19N3O3.2C2HF3O2/c1-28-19-3-4-21-17(11-19)10-18(14-29-21)20-12-23(27)26-13-16(2-5-22(26)25-20)15-6-8-24-9-7-15;2*3-2(4,5)1(6)7/h2-9,11-13,18H,10,14H2,1H3;2*(H,6,7). The van der Waals surface area contributed by atoms with E-state index in [2.05, 4.69) is 4.98 Å². The molecule has 0 amide bonds. The third-order valence-electron chi connectivity index (χ3n) is 5.77. The lowest BCUT2D eigenvalue weighted by Gasteiger charge is -2.25. The highest BCUT2D eigenvalue weighted by Gasteiger charge is 2.38. The van der Waals surface area contributed by atoms with Gasteiger partial charge in [0.05, 0.1) is 19.4 Å². The lowest BCUT2D eigenvalue weighted by molar-refractivity contribution is -0.193. The number of hydrogen-bond acceptors (Lipinski definition) is 7. The van der Waals surface area contributed by atoms with Crippen molar-refractivity contribution >= 4 is 17.6 Å². The largest absolute Gasteiger partial charge is 0.497 e. The molecule has 4 heterocycles. The number of rotatable bonds is 3. The van der Waals surface area contributed by atoms with Gasteiger partial charge in [-0.15, -0.1) is 0 Å². The molecule has 0 spiro atoms. The summed E-state index contributed by atoms with van der Waals surface area (Å²) in [7, 11) is 1.65. The molecule has 1 unspecified atom stereocenters. The summed E-state index contributed by atoms with van der Waals surface area (Å²) >= 11 is 0. The van der Waals surface area contributed by atoms with Crippen LogP contribution >= 0.6 is 0 Å². The first kappa shape index (κ1) is 32.4. The Bertz CT molecular complexity index is 1630. The Hall–Kier alpha value is -5.15. The Morgan fingerprint density at radius 2 is 1.53 bits per heavy atom. The summed E-state index contributed by atoms with van der Waals surface area (Å²) in [6.07, 6.45) is -4.12. The second-order valence-electron chi connectivity index (χ2n) is 8.69. The Morgan fingerprint density at radius 3 is 2.09 bits per heavy atom. The molecular formula is C27H21F6N3O7. The molecule has 0 fully saturated rings. The van der Waals surface area contributed by atoms with Crippen molar-refractivity contribution < 1.29 is 55.6 Å². The topological polar surface area (TPSA) is 140 Å². The Kier molecular flexibility index (Phi) is 9.95. The van der Waals surface area contributed by atoms with Crippen molar-refractivity contribution in [2.45, 2.75) is 24.7 Å². The van der Waals surface area contributed by atoms with Crippen LogP contribution in [0.15, 0.2) is 71.9 Å². The molecule has 228 valence electrons. The number of carboxylic acid groups (broad SMARTS) is 2. The number of carboxylic acids is 2. The van der Waals surface area contributed by atoms with E-state index in [4.69, 9.17) is 34.3 Å². The average molecular weight is 613 g/mol. The smallest absolute Gasteiger partial charge is 0.490 e. The van der Waals surface area contributed by atoms with Crippen molar-refractivity contribution in [2.75, 3.05) is 13.7 Å². The second-order valence-corrected chi connectivity index (χ2v) is 8.69. The predicted octanol–water partition coefficient (Wildman–Crippen LogP) is 4.75. The molecule has 2 N–H and O–H groups in total. The Balaban J connectivity index is 0.000000303. The molecule has 10 nitrogen and oxygen atoms in total. The summed E-state index contributed by atoms with van der Waals surface area (Å²) in [5.74, 6) is -3.84. The SMILES string of the molecule is COc1ccc2c(c1)CC(c1cc(=O)n3cc(-c4ccncc4)ccc3n1)CO2.O=C(O)C(F)(F)F.O=C(O)C(F)(F)F. The molecule has 1 aliphatic heterocycles. The number of hydrogen-bond donors (Lipinski definition) is 2. The highest BCUT2D eigenvalue weighted by Crippen LogP contribution is 2.34. The van der Waals surface area contributed by atoms with Gasteiger partial charge in [-0.25, -0.2) is 14.6 Å². The predicted molar refractivity (Wildman–Crippen MR) is 137 cm³/mol. The minimum atomic E-state index is -5.08. The number of halogens is 6. The van der Waals surface area contributed by atoms with Gasteiger partial charge in [-0.05, 0) is 65.6 Å². The highest BCUT2D eigenvalue weighted by atomic mass is 19.4. The maximum atomic E-state index is 12.8. The zero-order valence-corrected chi connectivity index (χ0v) is 21.9. The number of pyridine rings is 2. The number of nitrogens with zero attached hydrogens (tertiary/aromatic N) is 3. The van der Waals surface area contributed by atoms with E-state index in [1.807, 2.05) is 48.7 Å². The molecule has 1 aromatic carbocycles. The van der Waals surface area contributed by atoms with E-state index >= 15 is 0 Å². The van der Waals surface area contributed by atoms with E-state index in [-0.39, 0.29) is 11.5 Å². The van der Waals surface area contributed by atoms with Gasteiger partial charge in [0.25, 0.3) is 5.56 Å². The molecule has 5 rings (SSSR count). The van der Waals surface area contributed by atoms with Gasteiger partial charge in [0.15, 0.2) is 0 Å². The maximum Gasteiger partial charge on any atom is 0.490 e. The van der Waals surface area contributed by atoms with Crippen molar-refractivity contribution in [1.82, 2.24) is 14.4 Å². The number of carbonyl (C=O) groups is 2. The minimum absolute atomic E-state index is 0.0205. The molecule has 16 heteroatoms. The number of aliphatic carboxylic acids is 2. The first-order valence-electron chi connectivity index (χ1n) is 11.9. The zero-order chi connectivity index (χ0) is 31.9. The van der Waals surface area contributed by atoms with E-state index in [9.17, 15) is 31.1 Å². The quantitative estimate of drug-likeness (QED) is 0.313. The number of methoxy groups -OCH3 is 1.